The second kappa shape index (κ2) is 4.25. The second-order valence-electron chi connectivity index (χ2n) is 3.62. The van der Waals surface area contributed by atoms with Crippen LogP contribution in [0.4, 0.5) is 13.2 Å². The molecule has 5 heteroatoms. The molecule has 0 saturated heterocycles. The summed E-state index contributed by atoms with van der Waals surface area (Å²) in [5.74, 6) is 0.608. The van der Waals surface area contributed by atoms with E-state index in [1.54, 1.807) is 24.3 Å². The van der Waals surface area contributed by atoms with Gasteiger partial charge in [-0.25, -0.2) is 0 Å². The number of alkyl halides is 3. The van der Waals surface area contributed by atoms with Gasteiger partial charge in [-0.15, -0.1) is 0 Å². The van der Waals surface area contributed by atoms with Gasteiger partial charge in [-0.3, -0.25) is 0 Å². The molecule has 1 aromatic carbocycles. The zero-order valence-electron chi connectivity index (χ0n) is 8.74. The highest BCUT2D eigenvalue weighted by atomic mass is 19.4. The molecule has 2 aromatic rings. The minimum atomic E-state index is -4.42. The summed E-state index contributed by atoms with van der Waals surface area (Å²) in [4.78, 5) is 0. The topological polar surface area (TPSA) is 39.2 Å². The Balaban J connectivity index is 2.25. The van der Waals surface area contributed by atoms with Crippen molar-refractivity contribution in [3.63, 3.8) is 0 Å². The molecule has 2 rings (SSSR count). The maximum absolute atomic E-state index is 12.4. The fourth-order valence-electron chi connectivity index (χ4n) is 1.49. The highest BCUT2D eigenvalue weighted by Crippen LogP contribution is 2.31. The van der Waals surface area contributed by atoms with Gasteiger partial charge >= 0.3 is 6.18 Å². The van der Waals surface area contributed by atoms with E-state index in [9.17, 15) is 13.2 Å². The first-order chi connectivity index (χ1) is 7.98. The Kier molecular flexibility index (Phi) is 2.93. The van der Waals surface area contributed by atoms with Crippen molar-refractivity contribution < 1.29 is 17.6 Å². The summed E-state index contributed by atoms with van der Waals surface area (Å²) in [5, 5.41) is 0. The first kappa shape index (κ1) is 11.7. The van der Waals surface area contributed by atoms with E-state index in [2.05, 4.69) is 0 Å². The van der Waals surface area contributed by atoms with E-state index in [1.165, 1.54) is 18.4 Å². The Hall–Kier alpha value is -1.75. The summed E-state index contributed by atoms with van der Waals surface area (Å²) in [7, 11) is 0. The van der Waals surface area contributed by atoms with Gasteiger partial charge in [0.05, 0.1) is 6.26 Å². The van der Waals surface area contributed by atoms with Crippen LogP contribution < -0.4 is 5.73 Å². The molecule has 0 aliphatic rings. The highest BCUT2D eigenvalue weighted by Gasteiger charge is 2.37. The molecule has 0 unspecified atom stereocenters. The lowest BCUT2D eigenvalue weighted by Crippen LogP contribution is -2.28. The van der Waals surface area contributed by atoms with Crippen LogP contribution in [0, 0.1) is 0 Å². The van der Waals surface area contributed by atoms with Gasteiger partial charge in [0.2, 0.25) is 0 Å². The summed E-state index contributed by atoms with van der Waals surface area (Å²) in [6, 6.07) is 7.32. The fraction of sp³-hybridized carbons (Fsp3) is 0.167. The molecule has 17 heavy (non-hydrogen) atoms. The average Bonchev–Trinajstić information content (AvgIpc) is 2.80. The van der Waals surface area contributed by atoms with E-state index in [0.717, 1.165) is 0 Å². The summed E-state index contributed by atoms with van der Waals surface area (Å²) < 4.78 is 42.2. The lowest BCUT2D eigenvalue weighted by atomic mass is 10.0. The molecule has 90 valence electrons. The minimum Gasteiger partial charge on any atom is -0.464 e. The predicted octanol–water partition coefficient (Wildman–Crippen LogP) is 3.51. The molecule has 2 nitrogen and oxygen atoms in total. The average molecular weight is 241 g/mol. The van der Waals surface area contributed by atoms with Gasteiger partial charge in [-0.05, 0) is 17.7 Å². The summed E-state index contributed by atoms with van der Waals surface area (Å²) in [6.07, 6.45) is -2.92. The molecular formula is C12H10F3NO. The first-order valence-electron chi connectivity index (χ1n) is 4.94. The minimum absolute atomic E-state index is 0.0350. The Morgan fingerprint density at radius 3 is 2.18 bits per heavy atom. The van der Waals surface area contributed by atoms with E-state index in [0.29, 0.717) is 11.3 Å². The summed E-state index contributed by atoms with van der Waals surface area (Å²) >= 11 is 0. The smallest absolute Gasteiger partial charge is 0.407 e. The molecule has 0 aliphatic carbocycles. The lowest BCUT2D eigenvalue weighted by Gasteiger charge is -2.15. The van der Waals surface area contributed by atoms with Gasteiger partial charge in [0.25, 0.3) is 0 Å². The monoisotopic (exact) mass is 241 g/mol. The second-order valence-corrected chi connectivity index (χ2v) is 3.62. The van der Waals surface area contributed by atoms with Crippen molar-refractivity contribution in [1.82, 2.24) is 0 Å². The molecule has 0 spiro atoms. The SMILES string of the molecule is N[C@H](c1ccc(-c2ccco2)cc1)C(F)(F)F. The predicted molar refractivity (Wildman–Crippen MR) is 57.1 cm³/mol. The molecule has 1 heterocycles. The molecule has 0 radical (unpaired) electrons. The Bertz CT molecular complexity index is 473. The van der Waals surface area contributed by atoms with Crippen LogP contribution in [0.15, 0.2) is 47.1 Å². The van der Waals surface area contributed by atoms with Gasteiger partial charge in [-0.1, -0.05) is 24.3 Å². The van der Waals surface area contributed by atoms with Crippen LogP contribution in [0.5, 0.6) is 0 Å². The van der Waals surface area contributed by atoms with Gasteiger partial charge in [0.1, 0.15) is 11.8 Å². The zero-order chi connectivity index (χ0) is 12.5. The van der Waals surface area contributed by atoms with Gasteiger partial charge in [0.15, 0.2) is 0 Å². The van der Waals surface area contributed by atoms with Gasteiger partial charge in [-0.2, -0.15) is 13.2 Å². The van der Waals surface area contributed by atoms with Crippen molar-refractivity contribution in [3.05, 3.63) is 48.2 Å². The Morgan fingerprint density at radius 2 is 1.71 bits per heavy atom. The first-order valence-corrected chi connectivity index (χ1v) is 4.94. The van der Waals surface area contributed by atoms with E-state index in [1.807, 2.05) is 0 Å². The maximum Gasteiger partial charge on any atom is 0.407 e. The number of nitrogens with two attached hydrogens (primary N) is 1. The number of benzene rings is 1. The van der Waals surface area contributed by atoms with Crippen LogP contribution in [0.1, 0.15) is 11.6 Å². The van der Waals surface area contributed by atoms with Gasteiger partial charge in [0, 0.05) is 5.56 Å². The van der Waals surface area contributed by atoms with Crippen molar-refractivity contribution in [2.24, 2.45) is 5.73 Å². The molecular weight excluding hydrogens is 231 g/mol. The van der Waals surface area contributed by atoms with E-state index < -0.39 is 12.2 Å². The molecule has 0 bridgehead atoms. The highest BCUT2D eigenvalue weighted by molar-refractivity contribution is 5.57. The lowest BCUT2D eigenvalue weighted by molar-refractivity contribution is -0.149. The number of hydrogen-bond donors (Lipinski definition) is 1. The van der Waals surface area contributed by atoms with E-state index in [-0.39, 0.29) is 5.56 Å². The Morgan fingerprint density at radius 1 is 1.06 bits per heavy atom. The van der Waals surface area contributed by atoms with Crippen LogP contribution in [-0.4, -0.2) is 6.18 Å². The molecule has 0 aliphatic heterocycles. The van der Waals surface area contributed by atoms with Crippen LogP contribution in [0.25, 0.3) is 11.3 Å². The maximum atomic E-state index is 12.4. The quantitative estimate of drug-likeness (QED) is 0.873. The Labute approximate surface area is 95.8 Å². The van der Waals surface area contributed by atoms with Crippen molar-refractivity contribution in [2.45, 2.75) is 12.2 Å². The van der Waals surface area contributed by atoms with Crippen molar-refractivity contribution >= 4 is 0 Å². The van der Waals surface area contributed by atoms with Crippen molar-refractivity contribution in [1.29, 1.82) is 0 Å². The molecule has 0 saturated carbocycles. The largest absolute Gasteiger partial charge is 0.464 e. The van der Waals surface area contributed by atoms with Crippen LogP contribution >= 0.6 is 0 Å². The molecule has 0 fully saturated rings. The van der Waals surface area contributed by atoms with Crippen LogP contribution in [-0.2, 0) is 0 Å². The zero-order valence-corrected chi connectivity index (χ0v) is 8.74. The number of furan rings is 1. The standard InChI is InChI=1S/C12H10F3NO/c13-12(14,15)11(16)9-5-3-8(4-6-9)10-2-1-7-17-10/h1-7,11H,16H2/t11-/m1/s1. The number of rotatable bonds is 2. The fourth-order valence-corrected chi connectivity index (χ4v) is 1.49. The third-order valence-electron chi connectivity index (χ3n) is 2.43. The third kappa shape index (κ3) is 2.50. The molecule has 1 aromatic heterocycles. The normalized spacial score (nSPS) is 13.6. The van der Waals surface area contributed by atoms with Crippen molar-refractivity contribution in [3.8, 4) is 11.3 Å². The number of hydrogen-bond acceptors (Lipinski definition) is 2. The van der Waals surface area contributed by atoms with Gasteiger partial charge < -0.3 is 10.2 Å². The summed E-state index contributed by atoms with van der Waals surface area (Å²) in [6.45, 7) is 0. The molecule has 2 N–H and O–H groups in total. The van der Waals surface area contributed by atoms with Crippen LogP contribution in [0.3, 0.4) is 0 Å². The molecule has 0 amide bonds. The number of halogens is 3. The summed E-state index contributed by atoms with van der Waals surface area (Å²) in [5.41, 5.74) is 5.84. The van der Waals surface area contributed by atoms with E-state index >= 15 is 0 Å². The third-order valence-corrected chi connectivity index (χ3v) is 2.43. The van der Waals surface area contributed by atoms with E-state index in [4.69, 9.17) is 10.2 Å². The molecule has 1 atom stereocenters. The van der Waals surface area contributed by atoms with Crippen LogP contribution in [0.2, 0.25) is 0 Å². The van der Waals surface area contributed by atoms with Crippen molar-refractivity contribution in [2.75, 3.05) is 0 Å².